The van der Waals surface area contributed by atoms with Crippen molar-refractivity contribution in [2.75, 3.05) is 17.2 Å². The first-order chi connectivity index (χ1) is 14.1. The van der Waals surface area contributed by atoms with E-state index in [9.17, 15) is 9.59 Å². The van der Waals surface area contributed by atoms with E-state index in [0.717, 1.165) is 11.1 Å². The molecule has 3 aromatic rings. The van der Waals surface area contributed by atoms with Gasteiger partial charge in [0, 0.05) is 5.69 Å². The van der Waals surface area contributed by atoms with Crippen LogP contribution < -0.4 is 20.1 Å². The zero-order valence-electron chi connectivity index (χ0n) is 15.8. The summed E-state index contributed by atoms with van der Waals surface area (Å²) in [6.07, 6.45) is -0.537. The van der Waals surface area contributed by atoms with Crippen LogP contribution in [0, 0.1) is 0 Å². The molecule has 0 aliphatic carbocycles. The summed E-state index contributed by atoms with van der Waals surface area (Å²) in [5, 5.41) is 5.51. The molecule has 0 saturated carbocycles. The van der Waals surface area contributed by atoms with Gasteiger partial charge in [-0.2, -0.15) is 0 Å². The summed E-state index contributed by atoms with van der Waals surface area (Å²) in [6.45, 7) is 1.55. The lowest BCUT2D eigenvalue weighted by Crippen LogP contribution is -2.34. The zero-order chi connectivity index (χ0) is 20.2. The number of hydrogen-bond acceptors (Lipinski definition) is 4. The second kappa shape index (κ2) is 8.06. The molecule has 146 valence electrons. The second-order valence-electron chi connectivity index (χ2n) is 6.69. The number of hydrogen-bond donors (Lipinski definition) is 2. The van der Waals surface area contributed by atoms with Crippen molar-refractivity contribution < 1.29 is 19.1 Å². The Morgan fingerprint density at radius 3 is 2.52 bits per heavy atom. The molecule has 1 aliphatic heterocycles. The number of nitrogens with one attached hydrogen (secondary N) is 2. The molecule has 6 nitrogen and oxygen atoms in total. The lowest BCUT2D eigenvalue weighted by Gasteiger charge is -2.23. The van der Waals surface area contributed by atoms with Crippen LogP contribution in [0.1, 0.15) is 6.92 Å². The number of carbonyl (C=O) groups is 2. The lowest BCUT2D eigenvalue weighted by atomic mass is 10.1. The van der Waals surface area contributed by atoms with Crippen LogP contribution >= 0.6 is 0 Å². The van der Waals surface area contributed by atoms with Gasteiger partial charge in [-0.3, -0.25) is 9.59 Å². The number of anilines is 2. The number of rotatable bonds is 5. The summed E-state index contributed by atoms with van der Waals surface area (Å²) in [4.78, 5) is 23.9. The SMILES string of the molecule is C[C@H]1Oc2ccc(NC(=O)COc3ccc(-c4ccccc4)cc3)cc2NC1=O. The van der Waals surface area contributed by atoms with E-state index in [1.54, 1.807) is 25.1 Å². The largest absolute Gasteiger partial charge is 0.484 e. The minimum atomic E-state index is -0.537. The van der Waals surface area contributed by atoms with E-state index >= 15 is 0 Å². The third kappa shape index (κ3) is 4.38. The fraction of sp³-hybridized carbons (Fsp3) is 0.130. The standard InChI is InChI=1S/C23H20N2O4/c1-15-23(27)25-20-13-18(9-12-21(20)29-15)24-22(26)14-28-19-10-7-17(8-11-19)16-5-3-2-4-6-16/h2-13,15H,14H2,1H3,(H,24,26)(H,25,27)/t15-/m1/s1. The van der Waals surface area contributed by atoms with Gasteiger partial charge in [-0.1, -0.05) is 42.5 Å². The third-order valence-electron chi connectivity index (χ3n) is 4.53. The highest BCUT2D eigenvalue weighted by atomic mass is 16.5. The average molecular weight is 388 g/mol. The van der Waals surface area contributed by atoms with Crippen molar-refractivity contribution in [1.82, 2.24) is 0 Å². The molecular weight excluding hydrogens is 368 g/mol. The van der Waals surface area contributed by atoms with Gasteiger partial charge in [-0.05, 0) is 48.4 Å². The van der Waals surface area contributed by atoms with Crippen LogP contribution in [0.15, 0.2) is 72.8 Å². The first kappa shape index (κ1) is 18.6. The Balaban J connectivity index is 1.34. The van der Waals surface area contributed by atoms with Crippen molar-refractivity contribution >= 4 is 23.2 Å². The molecule has 0 spiro atoms. The second-order valence-corrected chi connectivity index (χ2v) is 6.69. The average Bonchev–Trinajstić information content (AvgIpc) is 2.74. The Hall–Kier alpha value is -3.80. The Morgan fingerprint density at radius 2 is 1.76 bits per heavy atom. The predicted molar refractivity (Wildman–Crippen MR) is 111 cm³/mol. The van der Waals surface area contributed by atoms with E-state index in [4.69, 9.17) is 9.47 Å². The van der Waals surface area contributed by atoms with Crippen LogP contribution in [-0.2, 0) is 9.59 Å². The molecule has 6 heteroatoms. The molecule has 0 unspecified atom stereocenters. The van der Waals surface area contributed by atoms with Gasteiger partial charge in [0.25, 0.3) is 11.8 Å². The summed E-state index contributed by atoms with van der Waals surface area (Å²) < 4.78 is 11.1. The van der Waals surface area contributed by atoms with Crippen molar-refractivity contribution in [2.45, 2.75) is 13.0 Å². The van der Waals surface area contributed by atoms with Crippen LogP contribution in [0.4, 0.5) is 11.4 Å². The maximum atomic E-state index is 12.2. The van der Waals surface area contributed by atoms with Crippen molar-refractivity contribution in [1.29, 1.82) is 0 Å². The molecule has 4 rings (SSSR count). The molecule has 1 atom stereocenters. The summed E-state index contributed by atoms with van der Waals surface area (Å²) in [5.74, 6) is 0.668. The third-order valence-corrected chi connectivity index (χ3v) is 4.53. The highest BCUT2D eigenvalue weighted by molar-refractivity contribution is 5.99. The van der Waals surface area contributed by atoms with Gasteiger partial charge in [0.15, 0.2) is 12.7 Å². The number of ether oxygens (including phenoxy) is 2. The van der Waals surface area contributed by atoms with Crippen LogP contribution in [-0.4, -0.2) is 24.5 Å². The van der Waals surface area contributed by atoms with Crippen LogP contribution in [0.5, 0.6) is 11.5 Å². The highest BCUT2D eigenvalue weighted by Gasteiger charge is 2.23. The molecule has 2 amide bonds. The Bertz CT molecular complexity index is 1030. The smallest absolute Gasteiger partial charge is 0.265 e. The molecule has 0 bridgehead atoms. The van der Waals surface area contributed by atoms with Gasteiger partial charge in [0.2, 0.25) is 0 Å². The normalized spacial score (nSPS) is 14.9. The van der Waals surface area contributed by atoms with E-state index < -0.39 is 6.10 Å². The van der Waals surface area contributed by atoms with Crippen molar-refractivity contribution in [2.24, 2.45) is 0 Å². The van der Waals surface area contributed by atoms with Crippen LogP contribution in [0.3, 0.4) is 0 Å². The number of carbonyl (C=O) groups excluding carboxylic acids is 2. The number of benzene rings is 3. The fourth-order valence-corrected chi connectivity index (χ4v) is 3.01. The van der Waals surface area contributed by atoms with Gasteiger partial charge in [0.1, 0.15) is 11.5 Å². The predicted octanol–water partition coefficient (Wildman–Crippen LogP) is 4.09. The van der Waals surface area contributed by atoms with E-state index in [-0.39, 0.29) is 18.4 Å². The molecule has 29 heavy (non-hydrogen) atoms. The van der Waals surface area contributed by atoms with Gasteiger partial charge in [-0.25, -0.2) is 0 Å². The fourth-order valence-electron chi connectivity index (χ4n) is 3.01. The summed E-state index contributed by atoms with van der Waals surface area (Å²) in [5.41, 5.74) is 3.28. The van der Waals surface area contributed by atoms with E-state index in [2.05, 4.69) is 10.6 Å². The molecule has 0 saturated heterocycles. The summed E-state index contributed by atoms with van der Waals surface area (Å²) >= 11 is 0. The quantitative estimate of drug-likeness (QED) is 0.690. The molecule has 1 aliphatic rings. The van der Waals surface area contributed by atoms with Crippen LogP contribution in [0.2, 0.25) is 0 Å². The van der Waals surface area contributed by atoms with Crippen molar-refractivity contribution in [3.8, 4) is 22.6 Å². The molecule has 1 heterocycles. The van der Waals surface area contributed by atoms with Gasteiger partial charge in [0.05, 0.1) is 5.69 Å². The molecule has 0 radical (unpaired) electrons. The Kier molecular flexibility index (Phi) is 5.16. The monoisotopic (exact) mass is 388 g/mol. The molecule has 0 aromatic heterocycles. The Morgan fingerprint density at radius 1 is 1.03 bits per heavy atom. The number of fused-ring (bicyclic) bond motifs is 1. The molecule has 0 fully saturated rings. The highest BCUT2D eigenvalue weighted by Crippen LogP contribution is 2.32. The first-order valence-electron chi connectivity index (χ1n) is 9.28. The maximum Gasteiger partial charge on any atom is 0.265 e. The summed E-state index contributed by atoms with van der Waals surface area (Å²) in [7, 11) is 0. The topological polar surface area (TPSA) is 76.7 Å². The van der Waals surface area contributed by atoms with E-state index in [1.165, 1.54) is 0 Å². The minimum Gasteiger partial charge on any atom is -0.484 e. The minimum absolute atomic E-state index is 0.123. The molecular formula is C23H20N2O4. The first-order valence-corrected chi connectivity index (χ1v) is 9.28. The van der Waals surface area contributed by atoms with Crippen molar-refractivity contribution in [3.63, 3.8) is 0 Å². The number of amides is 2. The van der Waals surface area contributed by atoms with E-state index in [1.807, 2.05) is 54.6 Å². The maximum absolute atomic E-state index is 12.2. The lowest BCUT2D eigenvalue weighted by molar-refractivity contribution is -0.122. The van der Waals surface area contributed by atoms with Gasteiger partial charge < -0.3 is 20.1 Å². The van der Waals surface area contributed by atoms with Crippen LogP contribution in [0.25, 0.3) is 11.1 Å². The summed E-state index contributed by atoms with van der Waals surface area (Å²) in [6, 6.07) is 22.7. The van der Waals surface area contributed by atoms with E-state index in [0.29, 0.717) is 22.9 Å². The molecule has 3 aromatic carbocycles. The van der Waals surface area contributed by atoms with Gasteiger partial charge >= 0.3 is 0 Å². The Labute approximate surface area is 168 Å². The van der Waals surface area contributed by atoms with Gasteiger partial charge in [-0.15, -0.1) is 0 Å². The zero-order valence-corrected chi connectivity index (χ0v) is 15.8. The van der Waals surface area contributed by atoms with Crippen molar-refractivity contribution in [3.05, 3.63) is 72.8 Å². The molecule has 2 N–H and O–H groups in total.